The smallest absolute Gasteiger partial charge is 0.416 e. The van der Waals surface area contributed by atoms with E-state index in [1.54, 1.807) is 6.08 Å². The van der Waals surface area contributed by atoms with Gasteiger partial charge in [0.1, 0.15) is 6.61 Å². The van der Waals surface area contributed by atoms with E-state index in [9.17, 15) is 9.59 Å². The molecule has 6 heteroatoms. The van der Waals surface area contributed by atoms with Crippen molar-refractivity contribution in [3.63, 3.8) is 0 Å². The first-order valence-electron chi connectivity index (χ1n) is 11.2. The molecule has 1 aliphatic rings. The molecule has 1 saturated heterocycles. The topological polar surface area (TPSA) is 46.6 Å². The van der Waals surface area contributed by atoms with Gasteiger partial charge >= 0.3 is 6.09 Å². The summed E-state index contributed by atoms with van der Waals surface area (Å²) in [5.74, 6) is -0.518. The zero-order valence-electron chi connectivity index (χ0n) is 19.1. The molecule has 0 spiro atoms. The van der Waals surface area contributed by atoms with Crippen molar-refractivity contribution in [2.75, 3.05) is 12.8 Å². The van der Waals surface area contributed by atoms with Gasteiger partial charge in [-0.15, -0.1) is 6.58 Å². The van der Waals surface area contributed by atoms with Crippen LogP contribution in [0.4, 0.5) is 4.79 Å². The van der Waals surface area contributed by atoms with Crippen LogP contribution in [0.3, 0.4) is 0 Å². The molecule has 2 atom stereocenters. The summed E-state index contributed by atoms with van der Waals surface area (Å²) in [6, 6.07) is 30.2. The number of cyclic esters (lactones) is 1. The number of rotatable bonds is 9. The van der Waals surface area contributed by atoms with Crippen LogP contribution in [-0.4, -0.2) is 44.1 Å². The highest BCUT2D eigenvalue weighted by molar-refractivity contribution is 7.73. The first-order chi connectivity index (χ1) is 16.2. The molecular formula is C28H28BNO3P. The Balaban J connectivity index is 0.00000324. The number of amides is 2. The number of carbonyl (C=O) groups excluding carboxylic acids is 2. The Labute approximate surface area is 205 Å². The zero-order valence-corrected chi connectivity index (χ0v) is 20.0. The Morgan fingerprint density at radius 1 is 0.971 bits per heavy atom. The molecule has 3 radical (unpaired) electrons. The van der Waals surface area contributed by atoms with Gasteiger partial charge < -0.3 is 4.74 Å². The normalized spacial score (nSPS) is 16.0. The first kappa shape index (κ1) is 25.5. The first-order valence-corrected chi connectivity index (χ1v) is 12.7. The van der Waals surface area contributed by atoms with E-state index in [0.717, 1.165) is 5.56 Å². The summed E-state index contributed by atoms with van der Waals surface area (Å²) < 4.78 is 5.32. The largest absolute Gasteiger partial charge is 0.447 e. The third-order valence-corrected chi connectivity index (χ3v) is 8.50. The number of allylic oxidation sites excluding steroid dienone is 1. The van der Waals surface area contributed by atoms with Crippen LogP contribution in [0.2, 0.25) is 0 Å². The van der Waals surface area contributed by atoms with E-state index in [1.165, 1.54) is 15.5 Å². The van der Waals surface area contributed by atoms with Gasteiger partial charge in [0.25, 0.3) is 0 Å². The lowest BCUT2D eigenvalue weighted by Gasteiger charge is -2.28. The van der Waals surface area contributed by atoms with E-state index >= 15 is 0 Å². The van der Waals surface area contributed by atoms with Crippen LogP contribution in [0.1, 0.15) is 12.0 Å². The van der Waals surface area contributed by atoms with Crippen molar-refractivity contribution in [3.05, 3.63) is 109 Å². The fourth-order valence-electron chi connectivity index (χ4n) is 4.21. The fourth-order valence-corrected chi connectivity index (χ4v) is 6.74. The van der Waals surface area contributed by atoms with Crippen LogP contribution in [0.5, 0.6) is 0 Å². The minimum absolute atomic E-state index is 0. The number of imide groups is 1. The van der Waals surface area contributed by atoms with Gasteiger partial charge in [0.05, 0.1) is 6.04 Å². The second kappa shape index (κ2) is 12.3. The summed E-state index contributed by atoms with van der Waals surface area (Å²) in [5.41, 5.74) is 1.08. The van der Waals surface area contributed by atoms with Gasteiger partial charge in [-0.1, -0.05) is 97.1 Å². The van der Waals surface area contributed by atoms with Crippen molar-refractivity contribution < 1.29 is 14.3 Å². The van der Waals surface area contributed by atoms with Crippen LogP contribution >= 0.6 is 7.92 Å². The molecule has 1 aliphatic heterocycles. The molecule has 4 rings (SSSR count). The maximum atomic E-state index is 13.7. The summed E-state index contributed by atoms with van der Waals surface area (Å²) >= 11 is 0. The average Bonchev–Trinajstić information content (AvgIpc) is 3.22. The van der Waals surface area contributed by atoms with E-state index in [2.05, 4.69) is 30.8 Å². The van der Waals surface area contributed by atoms with E-state index in [-0.39, 0.29) is 32.9 Å². The second-order valence-corrected chi connectivity index (χ2v) is 10.4. The number of carbonyl (C=O) groups is 2. The highest BCUT2D eigenvalue weighted by Crippen LogP contribution is 2.38. The Morgan fingerprint density at radius 3 is 2.03 bits per heavy atom. The van der Waals surface area contributed by atoms with E-state index in [0.29, 0.717) is 19.0 Å². The molecule has 0 saturated carbocycles. The van der Waals surface area contributed by atoms with Crippen molar-refractivity contribution in [1.29, 1.82) is 0 Å². The van der Waals surface area contributed by atoms with Gasteiger partial charge in [-0.25, -0.2) is 9.69 Å². The maximum absolute atomic E-state index is 13.7. The summed E-state index contributed by atoms with van der Waals surface area (Å²) in [4.78, 5) is 27.7. The maximum Gasteiger partial charge on any atom is 0.416 e. The summed E-state index contributed by atoms with van der Waals surface area (Å²) in [6.07, 6.45) is 2.99. The molecule has 171 valence electrons. The van der Waals surface area contributed by atoms with E-state index in [1.807, 2.05) is 66.7 Å². The monoisotopic (exact) mass is 468 g/mol. The molecule has 3 aromatic rings. The van der Waals surface area contributed by atoms with Crippen LogP contribution in [0.25, 0.3) is 0 Å². The average molecular weight is 468 g/mol. The van der Waals surface area contributed by atoms with Crippen LogP contribution in [0.15, 0.2) is 104 Å². The fraction of sp³-hybridized carbons (Fsp3) is 0.214. The van der Waals surface area contributed by atoms with Crippen molar-refractivity contribution in [1.82, 2.24) is 4.90 Å². The molecule has 0 aromatic heterocycles. The molecule has 0 aliphatic carbocycles. The summed E-state index contributed by atoms with van der Waals surface area (Å²) in [7, 11) is -0.773. The quantitative estimate of drug-likeness (QED) is 0.264. The molecule has 4 nitrogen and oxygen atoms in total. The third-order valence-electron chi connectivity index (χ3n) is 5.85. The van der Waals surface area contributed by atoms with Gasteiger partial charge in [-0.2, -0.15) is 0 Å². The molecule has 0 bridgehead atoms. The SMILES string of the molecule is C=CC[C@@H](CP(c1ccccc1)c1ccccc1)C(=O)N1C(=O)OC[C@@H]1Cc1ccccc1.[B]. The van der Waals surface area contributed by atoms with Crippen molar-refractivity contribution in [3.8, 4) is 0 Å². The number of nitrogens with zero attached hydrogens (tertiary/aromatic N) is 1. The number of hydrogen-bond donors (Lipinski definition) is 0. The molecule has 0 unspecified atom stereocenters. The van der Waals surface area contributed by atoms with Gasteiger partial charge in [-0.05, 0) is 43.1 Å². The minimum atomic E-state index is -0.773. The Hall–Kier alpha value is -3.17. The van der Waals surface area contributed by atoms with Crippen LogP contribution in [-0.2, 0) is 16.0 Å². The van der Waals surface area contributed by atoms with Gasteiger partial charge in [0.15, 0.2) is 0 Å². The Bertz CT molecular complexity index is 1040. The van der Waals surface area contributed by atoms with Crippen molar-refractivity contribution >= 4 is 38.9 Å². The number of benzene rings is 3. The number of ether oxygens (including phenoxy) is 1. The molecule has 34 heavy (non-hydrogen) atoms. The Morgan fingerprint density at radius 2 is 1.50 bits per heavy atom. The van der Waals surface area contributed by atoms with Gasteiger partial charge in [0, 0.05) is 14.3 Å². The predicted octanol–water partition coefficient (Wildman–Crippen LogP) is 4.52. The lowest BCUT2D eigenvalue weighted by Crippen LogP contribution is -2.44. The van der Waals surface area contributed by atoms with Gasteiger partial charge in [0.2, 0.25) is 5.91 Å². The van der Waals surface area contributed by atoms with Crippen molar-refractivity contribution in [2.24, 2.45) is 5.92 Å². The number of hydrogen-bond acceptors (Lipinski definition) is 3. The minimum Gasteiger partial charge on any atom is -0.447 e. The predicted molar refractivity (Wildman–Crippen MR) is 140 cm³/mol. The zero-order chi connectivity index (χ0) is 23.0. The van der Waals surface area contributed by atoms with E-state index in [4.69, 9.17) is 4.74 Å². The van der Waals surface area contributed by atoms with Gasteiger partial charge in [-0.3, -0.25) is 4.79 Å². The lowest BCUT2D eigenvalue weighted by atomic mass is 10.0. The van der Waals surface area contributed by atoms with Crippen molar-refractivity contribution in [2.45, 2.75) is 18.9 Å². The van der Waals surface area contributed by atoms with Crippen LogP contribution < -0.4 is 10.6 Å². The summed E-state index contributed by atoms with van der Waals surface area (Å²) in [6.45, 7) is 4.12. The van der Waals surface area contributed by atoms with Crippen LogP contribution in [0, 0.1) is 5.92 Å². The lowest BCUT2D eigenvalue weighted by molar-refractivity contribution is -0.132. The third kappa shape index (κ3) is 6.04. The molecule has 0 N–H and O–H groups in total. The summed E-state index contributed by atoms with van der Waals surface area (Å²) in [5, 5.41) is 2.43. The standard InChI is InChI=1S/C28H28NO3P.B/c1-2-12-23(21-33(25-15-8-4-9-16-25)26-17-10-5-11-18-26)27(30)29-24(20-32-28(29)31)19-22-13-6-3-7-14-22;/h2-11,13-18,23-24H,1,12,19-21H2;/t23-,24-;/m0./s1. The van der Waals surface area contributed by atoms with E-state index < -0.39 is 14.0 Å². The molecule has 2 amide bonds. The molecule has 1 fully saturated rings. The second-order valence-electron chi connectivity index (χ2n) is 8.13. The Kier molecular flexibility index (Phi) is 9.24. The molecule has 1 heterocycles. The molecule has 3 aromatic carbocycles. The molecular weight excluding hydrogens is 440 g/mol. The highest BCUT2D eigenvalue weighted by atomic mass is 31.1. The highest BCUT2D eigenvalue weighted by Gasteiger charge is 2.41.